The molecule has 1 aromatic carbocycles. The predicted molar refractivity (Wildman–Crippen MR) is 90.3 cm³/mol. The molecule has 1 aliphatic heterocycles. The molecule has 1 amide bonds. The highest BCUT2D eigenvalue weighted by Crippen LogP contribution is 2.35. The zero-order valence-corrected chi connectivity index (χ0v) is 13.8. The first-order valence-electron chi connectivity index (χ1n) is 8.54. The Labute approximate surface area is 138 Å². The predicted octanol–water partition coefficient (Wildman–Crippen LogP) is 1.02. The molecule has 23 heavy (non-hydrogen) atoms. The Balaban J connectivity index is 1.42. The van der Waals surface area contributed by atoms with Crippen molar-refractivity contribution in [3.63, 3.8) is 0 Å². The van der Waals surface area contributed by atoms with Gasteiger partial charge >= 0.3 is 0 Å². The first-order chi connectivity index (χ1) is 11.2. The maximum atomic E-state index is 12.2. The maximum absolute atomic E-state index is 12.2. The van der Waals surface area contributed by atoms with Crippen LogP contribution >= 0.6 is 0 Å². The van der Waals surface area contributed by atoms with Crippen LogP contribution in [0.25, 0.3) is 0 Å². The summed E-state index contributed by atoms with van der Waals surface area (Å²) in [6, 6.07) is 8.28. The quantitative estimate of drug-likeness (QED) is 0.822. The number of methoxy groups -OCH3 is 1. The average molecular weight is 317 g/mol. The number of hydrogen-bond donors (Lipinski definition) is 2. The molecular formula is C18H27N3O2. The Morgan fingerprint density at radius 1 is 1.30 bits per heavy atom. The third-order valence-electron chi connectivity index (χ3n) is 5.26. The molecule has 2 fully saturated rings. The molecule has 5 nitrogen and oxygen atoms in total. The number of nitrogens with one attached hydrogen (secondary N) is 1. The van der Waals surface area contributed by atoms with Gasteiger partial charge in [-0.3, -0.25) is 9.69 Å². The zero-order valence-electron chi connectivity index (χ0n) is 13.8. The van der Waals surface area contributed by atoms with Gasteiger partial charge in [-0.2, -0.15) is 0 Å². The smallest absolute Gasteiger partial charge is 0.234 e. The summed E-state index contributed by atoms with van der Waals surface area (Å²) in [5.41, 5.74) is 7.33. The lowest BCUT2D eigenvalue weighted by atomic mass is 9.93. The van der Waals surface area contributed by atoms with E-state index in [4.69, 9.17) is 10.5 Å². The van der Waals surface area contributed by atoms with Crippen molar-refractivity contribution in [2.45, 2.75) is 25.3 Å². The molecule has 1 aromatic rings. The molecule has 2 bridgehead atoms. The molecule has 1 saturated carbocycles. The highest BCUT2D eigenvalue weighted by Gasteiger charge is 2.39. The Morgan fingerprint density at radius 3 is 2.70 bits per heavy atom. The second kappa shape index (κ2) is 7.32. The van der Waals surface area contributed by atoms with E-state index in [9.17, 15) is 4.79 Å². The van der Waals surface area contributed by atoms with Gasteiger partial charge in [0.15, 0.2) is 0 Å². The number of benzene rings is 1. The van der Waals surface area contributed by atoms with Gasteiger partial charge in [0.1, 0.15) is 5.75 Å². The van der Waals surface area contributed by atoms with Crippen LogP contribution in [0.1, 0.15) is 18.4 Å². The van der Waals surface area contributed by atoms with E-state index in [-0.39, 0.29) is 5.91 Å². The maximum Gasteiger partial charge on any atom is 0.234 e. The van der Waals surface area contributed by atoms with E-state index in [1.807, 2.05) is 24.3 Å². The molecular weight excluding hydrogens is 290 g/mol. The van der Waals surface area contributed by atoms with Crippen molar-refractivity contribution in [1.82, 2.24) is 10.2 Å². The third kappa shape index (κ3) is 3.85. The number of carbonyl (C=O) groups excluding carboxylic acids is 1. The van der Waals surface area contributed by atoms with Gasteiger partial charge in [-0.25, -0.2) is 0 Å². The van der Waals surface area contributed by atoms with Crippen LogP contribution in [0.15, 0.2) is 24.3 Å². The van der Waals surface area contributed by atoms with Crippen molar-refractivity contribution < 1.29 is 9.53 Å². The summed E-state index contributed by atoms with van der Waals surface area (Å²) in [4.78, 5) is 14.4. The normalized spacial score (nSPS) is 27.0. The largest absolute Gasteiger partial charge is 0.496 e. The lowest BCUT2D eigenvalue weighted by Gasteiger charge is -2.35. The van der Waals surface area contributed by atoms with Crippen LogP contribution in [0.2, 0.25) is 0 Å². The number of ether oxygens (including phenoxy) is 1. The van der Waals surface area contributed by atoms with Gasteiger partial charge in [0.25, 0.3) is 0 Å². The summed E-state index contributed by atoms with van der Waals surface area (Å²) < 4.78 is 5.33. The van der Waals surface area contributed by atoms with E-state index in [1.165, 1.54) is 12.8 Å². The molecule has 126 valence electrons. The molecule has 0 aromatic heterocycles. The van der Waals surface area contributed by atoms with E-state index in [1.54, 1.807) is 7.11 Å². The number of piperidine rings is 1. The molecule has 2 aliphatic rings. The van der Waals surface area contributed by atoms with Gasteiger partial charge in [-0.05, 0) is 42.7 Å². The van der Waals surface area contributed by atoms with Crippen LogP contribution in [0, 0.1) is 11.8 Å². The number of carbonyl (C=O) groups is 1. The standard InChI is InChI=1S/C18H27N3O2/c1-23-16-5-3-2-4-13(16)8-9-20-17(22)12-21-10-14-6-7-15(11-21)18(14)19/h2-5,14-15,18H,6-12,19H2,1H3,(H,20,22). The Bertz CT molecular complexity index is 535. The first-order valence-corrected chi connectivity index (χ1v) is 8.54. The Morgan fingerprint density at radius 2 is 2.00 bits per heavy atom. The molecule has 3 N–H and O–H groups in total. The van der Waals surface area contributed by atoms with Crippen LogP contribution in [-0.4, -0.2) is 50.1 Å². The summed E-state index contributed by atoms with van der Waals surface area (Å²) in [5.74, 6) is 2.14. The highest BCUT2D eigenvalue weighted by molar-refractivity contribution is 5.78. The van der Waals surface area contributed by atoms with Gasteiger partial charge < -0.3 is 15.8 Å². The second-order valence-corrected chi connectivity index (χ2v) is 6.78. The van der Waals surface area contributed by atoms with E-state index in [0.29, 0.717) is 31.0 Å². The summed E-state index contributed by atoms with van der Waals surface area (Å²) >= 11 is 0. The van der Waals surface area contributed by atoms with Crippen LogP contribution in [-0.2, 0) is 11.2 Å². The van der Waals surface area contributed by atoms with Crippen molar-refractivity contribution in [2.24, 2.45) is 17.6 Å². The Hall–Kier alpha value is -1.59. The lowest BCUT2D eigenvalue weighted by molar-refractivity contribution is -0.122. The fraction of sp³-hybridized carbons (Fsp3) is 0.611. The third-order valence-corrected chi connectivity index (χ3v) is 5.26. The van der Waals surface area contributed by atoms with Crippen LogP contribution < -0.4 is 15.8 Å². The lowest BCUT2D eigenvalue weighted by Crippen LogP contribution is -2.51. The minimum absolute atomic E-state index is 0.106. The van der Waals surface area contributed by atoms with E-state index >= 15 is 0 Å². The molecule has 1 aliphatic carbocycles. The van der Waals surface area contributed by atoms with Gasteiger partial charge in [0, 0.05) is 25.7 Å². The number of para-hydroxylation sites is 1. The van der Waals surface area contributed by atoms with Crippen LogP contribution in [0.5, 0.6) is 5.75 Å². The van der Waals surface area contributed by atoms with Crippen molar-refractivity contribution in [3.8, 4) is 5.75 Å². The molecule has 2 unspecified atom stereocenters. The second-order valence-electron chi connectivity index (χ2n) is 6.78. The first kappa shape index (κ1) is 16.3. The summed E-state index contributed by atoms with van der Waals surface area (Å²) in [7, 11) is 1.67. The molecule has 1 saturated heterocycles. The van der Waals surface area contributed by atoms with Gasteiger partial charge in [-0.15, -0.1) is 0 Å². The van der Waals surface area contributed by atoms with Gasteiger partial charge in [-0.1, -0.05) is 18.2 Å². The summed E-state index contributed by atoms with van der Waals surface area (Å²) in [5, 5.41) is 3.02. The van der Waals surface area contributed by atoms with Crippen LogP contribution in [0.4, 0.5) is 0 Å². The summed E-state index contributed by atoms with van der Waals surface area (Å²) in [6.45, 7) is 3.07. The average Bonchev–Trinajstić information content (AvgIpc) is 2.76. The zero-order chi connectivity index (χ0) is 16.2. The number of rotatable bonds is 6. The number of likely N-dealkylation sites (tertiary alicyclic amines) is 1. The number of nitrogens with two attached hydrogens (primary N) is 1. The molecule has 5 heteroatoms. The highest BCUT2D eigenvalue weighted by atomic mass is 16.5. The van der Waals surface area contributed by atoms with E-state index in [0.717, 1.165) is 30.8 Å². The number of fused-ring (bicyclic) bond motifs is 2. The number of hydrogen-bond acceptors (Lipinski definition) is 4. The van der Waals surface area contributed by atoms with Gasteiger partial charge in [0.05, 0.1) is 13.7 Å². The number of nitrogens with zero attached hydrogens (tertiary/aromatic N) is 1. The van der Waals surface area contributed by atoms with Crippen molar-refractivity contribution in [1.29, 1.82) is 0 Å². The SMILES string of the molecule is COc1ccccc1CCNC(=O)CN1CC2CCC(C1)C2N. The molecule has 0 spiro atoms. The Kier molecular flexibility index (Phi) is 5.18. The fourth-order valence-corrected chi connectivity index (χ4v) is 4.00. The van der Waals surface area contributed by atoms with Crippen molar-refractivity contribution in [2.75, 3.05) is 33.3 Å². The van der Waals surface area contributed by atoms with Gasteiger partial charge in [0.2, 0.25) is 5.91 Å². The van der Waals surface area contributed by atoms with Crippen LogP contribution in [0.3, 0.4) is 0 Å². The number of amides is 1. The van der Waals surface area contributed by atoms with Crippen molar-refractivity contribution >= 4 is 5.91 Å². The minimum Gasteiger partial charge on any atom is -0.496 e. The molecule has 1 heterocycles. The summed E-state index contributed by atoms with van der Waals surface area (Å²) in [6.07, 6.45) is 3.22. The molecule has 3 rings (SSSR count). The fourth-order valence-electron chi connectivity index (χ4n) is 4.00. The minimum atomic E-state index is 0.106. The molecule has 0 radical (unpaired) electrons. The topological polar surface area (TPSA) is 67.6 Å². The van der Waals surface area contributed by atoms with Crippen molar-refractivity contribution in [3.05, 3.63) is 29.8 Å². The molecule has 2 atom stereocenters. The monoisotopic (exact) mass is 317 g/mol. The van der Waals surface area contributed by atoms with E-state index in [2.05, 4.69) is 10.2 Å². The van der Waals surface area contributed by atoms with E-state index < -0.39 is 0 Å².